The zero-order valence-corrected chi connectivity index (χ0v) is 13.3. The minimum atomic E-state index is 0.487. The highest BCUT2D eigenvalue weighted by molar-refractivity contribution is 5.87. The van der Waals surface area contributed by atoms with E-state index in [1.54, 1.807) is 0 Å². The molecule has 0 unspecified atom stereocenters. The van der Waals surface area contributed by atoms with Gasteiger partial charge in [0.05, 0.1) is 5.52 Å². The van der Waals surface area contributed by atoms with Crippen LogP contribution in [0.5, 0.6) is 0 Å². The van der Waals surface area contributed by atoms with Gasteiger partial charge in [-0.1, -0.05) is 39.0 Å². The average Bonchev–Trinajstić information content (AvgIpc) is 2.51. The Morgan fingerprint density at radius 1 is 1.33 bits per heavy atom. The number of hydrogen-bond donors (Lipinski definition) is 1. The molecule has 3 nitrogen and oxygen atoms in total. The number of aromatic nitrogens is 1. The van der Waals surface area contributed by atoms with Gasteiger partial charge in [-0.15, -0.1) is 0 Å². The number of nitrogens with two attached hydrogens (primary N) is 1. The van der Waals surface area contributed by atoms with Gasteiger partial charge in [0, 0.05) is 37.1 Å². The van der Waals surface area contributed by atoms with Gasteiger partial charge < -0.3 is 5.73 Å². The highest BCUT2D eigenvalue weighted by Gasteiger charge is 2.22. The summed E-state index contributed by atoms with van der Waals surface area (Å²) in [4.78, 5) is 7.51. The summed E-state index contributed by atoms with van der Waals surface area (Å²) in [5.41, 5.74) is 12.5. The van der Waals surface area contributed by atoms with Gasteiger partial charge >= 0.3 is 0 Å². The molecule has 3 heteroatoms. The van der Waals surface area contributed by atoms with E-state index in [-0.39, 0.29) is 0 Å². The van der Waals surface area contributed by atoms with Crippen LogP contribution in [0.4, 0.5) is 0 Å². The zero-order chi connectivity index (χ0) is 15.0. The molecule has 0 atom stereocenters. The van der Waals surface area contributed by atoms with Crippen molar-refractivity contribution in [3.05, 3.63) is 40.6 Å². The molecule has 0 bridgehead atoms. The second kappa shape index (κ2) is 5.74. The summed E-state index contributed by atoms with van der Waals surface area (Å²) in [6.07, 6.45) is 1.04. The van der Waals surface area contributed by atoms with E-state index >= 15 is 0 Å². The third kappa shape index (κ3) is 2.45. The van der Waals surface area contributed by atoms with E-state index in [1.807, 2.05) is 0 Å². The molecule has 0 aliphatic carbocycles. The Morgan fingerprint density at radius 2 is 2.14 bits per heavy atom. The molecule has 2 N–H and O–H groups in total. The van der Waals surface area contributed by atoms with Gasteiger partial charge in [0.25, 0.3) is 0 Å². The molecule has 0 amide bonds. The summed E-state index contributed by atoms with van der Waals surface area (Å²) in [6, 6.07) is 6.53. The minimum Gasteiger partial charge on any atom is -0.326 e. The Hall–Kier alpha value is -1.45. The summed E-state index contributed by atoms with van der Waals surface area (Å²) >= 11 is 0. The zero-order valence-electron chi connectivity index (χ0n) is 13.3. The van der Waals surface area contributed by atoms with E-state index in [0.29, 0.717) is 12.5 Å². The second-order valence-corrected chi connectivity index (χ2v) is 6.24. The quantitative estimate of drug-likeness (QED) is 0.940. The molecule has 1 aromatic heterocycles. The van der Waals surface area contributed by atoms with Crippen molar-refractivity contribution in [2.45, 2.75) is 46.2 Å². The Morgan fingerprint density at radius 3 is 2.81 bits per heavy atom. The van der Waals surface area contributed by atoms with Crippen LogP contribution < -0.4 is 5.73 Å². The predicted molar refractivity (Wildman–Crippen MR) is 88.4 cm³/mol. The summed E-state index contributed by atoms with van der Waals surface area (Å²) in [5.74, 6) is 0.487. The highest BCUT2D eigenvalue weighted by Crippen LogP contribution is 2.31. The molecule has 0 radical (unpaired) electrons. The monoisotopic (exact) mass is 283 g/mol. The van der Waals surface area contributed by atoms with Crippen molar-refractivity contribution in [1.29, 1.82) is 0 Å². The summed E-state index contributed by atoms with van der Waals surface area (Å²) in [5, 5.41) is 1.25. The Kier molecular flexibility index (Phi) is 3.96. The van der Waals surface area contributed by atoms with Gasteiger partial charge in [-0.05, 0) is 29.2 Å². The number of para-hydroxylation sites is 1. The van der Waals surface area contributed by atoms with Crippen LogP contribution >= 0.6 is 0 Å². The third-order valence-electron chi connectivity index (χ3n) is 4.67. The molecule has 0 saturated heterocycles. The van der Waals surface area contributed by atoms with Gasteiger partial charge in [0.15, 0.2) is 0 Å². The normalized spacial score (nSPS) is 15.7. The van der Waals surface area contributed by atoms with Gasteiger partial charge in [0.2, 0.25) is 0 Å². The first kappa shape index (κ1) is 14.5. The number of rotatable bonds is 3. The van der Waals surface area contributed by atoms with Crippen LogP contribution in [-0.2, 0) is 19.5 Å². The first-order valence-electron chi connectivity index (χ1n) is 8.01. The third-order valence-corrected chi connectivity index (χ3v) is 4.67. The maximum atomic E-state index is 6.11. The van der Waals surface area contributed by atoms with Crippen LogP contribution in [0.15, 0.2) is 18.2 Å². The van der Waals surface area contributed by atoms with E-state index < -0.39 is 0 Å². The fourth-order valence-corrected chi connectivity index (χ4v) is 3.40. The molecule has 0 spiro atoms. The fraction of sp³-hybridized carbons (Fsp3) is 0.500. The van der Waals surface area contributed by atoms with Crippen molar-refractivity contribution in [2.24, 2.45) is 5.73 Å². The number of likely N-dealkylation sites (N-methyl/N-ethyl adjacent to an activating group) is 1. The van der Waals surface area contributed by atoms with Crippen LogP contribution in [0.2, 0.25) is 0 Å². The number of fused-ring (bicyclic) bond motifs is 2. The smallest absolute Gasteiger partial charge is 0.0743 e. The molecular weight excluding hydrogens is 258 g/mol. The minimum absolute atomic E-state index is 0.487. The Bertz CT molecular complexity index is 661. The lowest BCUT2D eigenvalue weighted by molar-refractivity contribution is 0.265. The molecule has 0 saturated carbocycles. The predicted octanol–water partition coefficient (Wildman–Crippen LogP) is 3.19. The molecule has 1 aliphatic rings. The van der Waals surface area contributed by atoms with E-state index in [9.17, 15) is 0 Å². The molecule has 0 fully saturated rings. The first-order chi connectivity index (χ1) is 10.2. The standard InChI is InChI=1S/C18H25N3/c1-4-21-9-8-17-16(11-21)15(10-19)14-7-5-6-13(12(2)3)18(14)20-17/h5-7,12H,4,8-11,19H2,1-3H3. The largest absolute Gasteiger partial charge is 0.326 e. The highest BCUT2D eigenvalue weighted by atomic mass is 15.1. The van der Waals surface area contributed by atoms with E-state index in [2.05, 4.69) is 43.9 Å². The molecule has 3 rings (SSSR count). The molecular formula is C18H25N3. The number of benzene rings is 1. The van der Waals surface area contributed by atoms with Gasteiger partial charge in [-0.3, -0.25) is 9.88 Å². The maximum absolute atomic E-state index is 6.11. The molecule has 2 heterocycles. The van der Waals surface area contributed by atoms with Crippen LogP contribution in [0, 0.1) is 0 Å². The lowest BCUT2D eigenvalue weighted by atomic mass is 9.92. The Balaban J connectivity index is 2.26. The molecule has 21 heavy (non-hydrogen) atoms. The maximum Gasteiger partial charge on any atom is 0.0743 e. The van der Waals surface area contributed by atoms with E-state index in [4.69, 9.17) is 10.7 Å². The van der Waals surface area contributed by atoms with Crippen LogP contribution in [-0.4, -0.2) is 23.0 Å². The lowest BCUT2D eigenvalue weighted by Crippen LogP contribution is -2.32. The molecule has 2 aromatic rings. The van der Waals surface area contributed by atoms with Crippen LogP contribution in [0.3, 0.4) is 0 Å². The Labute approximate surface area is 127 Å². The number of hydrogen-bond acceptors (Lipinski definition) is 3. The van der Waals surface area contributed by atoms with Gasteiger partial charge in [0.1, 0.15) is 0 Å². The topological polar surface area (TPSA) is 42.2 Å². The van der Waals surface area contributed by atoms with Gasteiger partial charge in [-0.25, -0.2) is 0 Å². The van der Waals surface area contributed by atoms with E-state index in [1.165, 1.54) is 27.8 Å². The van der Waals surface area contributed by atoms with Crippen molar-refractivity contribution < 1.29 is 0 Å². The molecule has 1 aliphatic heterocycles. The fourth-order valence-electron chi connectivity index (χ4n) is 3.40. The van der Waals surface area contributed by atoms with Crippen LogP contribution in [0.25, 0.3) is 10.9 Å². The van der Waals surface area contributed by atoms with Crippen molar-refractivity contribution in [3.63, 3.8) is 0 Å². The number of pyridine rings is 1. The molecule has 112 valence electrons. The molecule has 1 aromatic carbocycles. The summed E-state index contributed by atoms with van der Waals surface area (Å²) in [7, 11) is 0. The SMILES string of the molecule is CCN1CCc2nc3c(C(C)C)cccc3c(CN)c2C1. The second-order valence-electron chi connectivity index (χ2n) is 6.24. The van der Waals surface area contributed by atoms with E-state index in [0.717, 1.165) is 31.6 Å². The first-order valence-corrected chi connectivity index (χ1v) is 8.01. The van der Waals surface area contributed by atoms with Crippen molar-refractivity contribution in [1.82, 2.24) is 9.88 Å². The summed E-state index contributed by atoms with van der Waals surface area (Å²) in [6.45, 7) is 10.5. The summed E-state index contributed by atoms with van der Waals surface area (Å²) < 4.78 is 0. The van der Waals surface area contributed by atoms with Gasteiger partial charge in [-0.2, -0.15) is 0 Å². The average molecular weight is 283 g/mol. The van der Waals surface area contributed by atoms with Crippen molar-refractivity contribution >= 4 is 10.9 Å². The van der Waals surface area contributed by atoms with Crippen LogP contribution in [0.1, 0.15) is 49.1 Å². The van der Waals surface area contributed by atoms with Crippen molar-refractivity contribution in [3.8, 4) is 0 Å². The number of nitrogens with zero attached hydrogens (tertiary/aromatic N) is 2. The van der Waals surface area contributed by atoms with Crippen molar-refractivity contribution in [2.75, 3.05) is 13.1 Å². The lowest BCUT2D eigenvalue weighted by Gasteiger charge is -2.29.